The van der Waals surface area contributed by atoms with Gasteiger partial charge in [0.2, 0.25) is 0 Å². The number of benzene rings is 1. The van der Waals surface area contributed by atoms with Crippen LogP contribution in [-0.4, -0.2) is 25.1 Å². The third kappa shape index (κ3) is 3.89. The second kappa shape index (κ2) is 7.00. The lowest BCUT2D eigenvalue weighted by molar-refractivity contribution is 0.597. The van der Waals surface area contributed by atoms with Crippen molar-refractivity contribution in [3.63, 3.8) is 0 Å². The fraction of sp³-hybridized carbons (Fsp3) is 0.571. The molecule has 0 aliphatic rings. The molecule has 0 aliphatic heterocycles. The van der Waals surface area contributed by atoms with Crippen molar-refractivity contribution in [1.29, 1.82) is 0 Å². The van der Waals surface area contributed by atoms with Gasteiger partial charge in [-0.1, -0.05) is 6.07 Å². The van der Waals surface area contributed by atoms with Gasteiger partial charge in [0.05, 0.1) is 5.69 Å². The Bertz CT molecular complexity index is 382. The molecule has 102 valence electrons. The molecule has 0 aliphatic carbocycles. The first-order valence-corrected chi connectivity index (χ1v) is 7.63. The molecule has 0 saturated heterocycles. The van der Waals surface area contributed by atoms with Crippen molar-refractivity contribution in [2.45, 2.75) is 32.4 Å². The fourth-order valence-electron chi connectivity index (χ4n) is 1.81. The van der Waals surface area contributed by atoms with Gasteiger partial charge in [-0.3, -0.25) is 0 Å². The molecule has 0 amide bonds. The number of halogens is 1. The number of thioether (sulfide) groups is 1. The van der Waals surface area contributed by atoms with Crippen molar-refractivity contribution in [2.75, 3.05) is 24.0 Å². The molecule has 0 heterocycles. The predicted octanol–water partition coefficient (Wildman–Crippen LogP) is 3.42. The summed E-state index contributed by atoms with van der Waals surface area (Å²) in [6.45, 7) is 3.98. The van der Waals surface area contributed by atoms with Crippen molar-refractivity contribution in [3.8, 4) is 0 Å². The number of hydrogen-bond acceptors (Lipinski definition) is 3. The zero-order chi connectivity index (χ0) is 13.7. The maximum absolute atomic E-state index is 14.0. The minimum atomic E-state index is -0.191. The lowest BCUT2D eigenvalue weighted by Gasteiger charge is -2.27. The maximum atomic E-state index is 14.0. The molecule has 0 bridgehead atoms. The number of anilines is 1. The van der Waals surface area contributed by atoms with Gasteiger partial charge < -0.3 is 10.6 Å². The first-order chi connectivity index (χ1) is 8.47. The highest BCUT2D eigenvalue weighted by Gasteiger charge is 2.14. The van der Waals surface area contributed by atoms with Crippen molar-refractivity contribution in [3.05, 3.63) is 29.6 Å². The standard InChI is InChI=1S/C14H23FN2S/c1-10(7-8-18-4)17(3)14-6-5-12(11(2)16)9-13(14)15/h5-6,9-11H,7-8,16H2,1-4H3. The summed E-state index contributed by atoms with van der Waals surface area (Å²) in [6.07, 6.45) is 3.14. The van der Waals surface area contributed by atoms with Crippen LogP contribution in [0.5, 0.6) is 0 Å². The summed E-state index contributed by atoms with van der Waals surface area (Å²) in [7, 11) is 1.94. The molecule has 1 rings (SSSR count). The van der Waals surface area contributed by atoms with E-state index in [9.17, 15) is 4.39 Å². The minimum absolute atomic E-state index is 0.132. The average Bonchev–Trinajstić information content (AvgIpc) is 2.34. The van der Waals surface area contributed by atoms with E-state index in [-0.39, 0.29) is 11.9 Å². The summed E-state index contributed by atoms with van der Waals surface area (Å²) in [5.41, 5.74) is 7.23. The van der Waals surface area contributed by atoms with E-state index >= 15 is 0 Å². The van der Waals surface area contributed by atoms with E-state index in [1.807, 2.05) is 42.8 Å². The van der Waals surface area contributed by atoms with Gasteiger partial charge in [0.15, 0.2) is 0 Å². The van der Waals surface area contributed by atoms with E-state index < -0.39 is 0 Å². The van der Waals surface area contributed by atoms with Gasteiger partial charge in [-0.05, 0) is 50.0 Å². The number of nitrogens with zero attached hydrogens (tertiary/aromatic N) is 1. The normalized spacial score (nSPS) is 14.3. The van der Waals surface area contributed by atoms with Gasteiger partial charge in [-0.2, -0.15) is 11.8 Å². The van der Waals surface area contributed by atoms with Crippen LogP contribution in [0.15, 0.2) is 18.2 Å². The zero-order valence-electron chi connectivity index (χ0n) is 11.6. The molecule has 4 heteroatoms. The highest BCUT2D eigenvalue weighted by molar-refractivity contribution is 7.98. The smallest absolute Gasteiger partial charge is 0.146 e. The number of rotatable bonds is 6. The molecule has 2 nitrogen and oxygen atoms in total. The van der Waals surface area contributed by atoms with Crippen LogP contribution in [0, 0.1) is 5.82 Å². The molecule has 0 aromatic heterocycles. The molecule has 2 N–H and O–H groups in total. The molecular weight excluding hydrogens is 247 g/mol. The summed E-state index contributed by atoms with van der Waals surface area (Å²) in [5, 5.41) is 0. The Balaban J connectivity index is 2.82. The Kier molecular flexibility index (Phi) is 5.96. The average molecular weight is 270 g/mol. The number of nitrogens with two attached hydrogens (primary N) is 1. The predicted molar refractivity (Wildman–Crippen MR) is 79.9 cm³/mol. The molecule has 1 aromatic rings. The fourth-order valence-corrected chi connectivity index (χ4v) is 2.39. The molecule has 18 heavy (non-hydrogen) atoms. The molecule has 1 aromatic carbocycles. The summed E-state index contributed by atoms with van der Waals surface area (Å²) in [4.78, 5) is 2.00. The topological polar surface area (TPSA) is 29.3 Å². The van der Waals surface area contributed by atoms with E-state index in [1.165, 1.54) is 6.07 Å². The summed E-state index contributed by atoms with van der Waals surface area (Å²) < 4.78 is 14.0. The van der Waals surface area contributed by atoms with Gasteiger partial charge in [0.25, 0.3) is 0 Å². The third-order valence-corrected chi connectivity index (χ3v) is 3.92. The molecule has 2 atom stereocenters. The van der Waals surface area contributed by atoms with Gasteiger partial charge in [0.1, 0.15) is 5.82 Å². The SMILES string of the molecule is CSCCC(C)N(C)c1ccc(C(C)N)cc1F. The second-order valence-electron chi connectivity index (χ2n) is 4.74. The van der Waals surface area contributed by atoms with Crippen LogP contribution in [0.25, 0.3) is 0 Å². The van der Waals surface area contributed by atoms with E-state index in [0.717, 1.165) is 17.7 Å². The first-order valence-electron chi connectivity index (χ1n) is 6.24. The lowest BCUT2D eigenvalue weighted by Crippen LogP contribution is -2.30. The van der Waals surface area contributed by atoms with Crippen molar-refractivity contribution in [2.24, 2.45) is 5.73 Å². The Labute approximate surface area is 114 Å². The Morgan fingerprint density at radius 2 is 2.06 bits per heavy atom. The van der Waals surface area contributed by atoms with Crippen LogP contribution in [0.2, 0.25) is 0 Å². The quantitative estimate of drug-likeness (QED) is 0.859. The monoisotopic (exact) mass is 270 g/mol. The summed E-state index contributed by atoms with van der Waals surface area (Å²) in [6, 6.07) is 5.46. The van der Waals surface area contributed by atoms with Crippen molar-refractivity contribution < 1.29 is 4.39 Å². The molecule has 0 radical (unpaired) electrons. The molecule has 0 fully saturated rings. The Morgan fingerprint density at radius 1 is 1.39 bits per heavy atom. The van der Waals surface area contributed by atoms with Crippen LogP contribution in [0.4, 0.5) is 10.1 Å². The van der Waals surface area contributed by atoms with Crippen LogP contribution in [0.1, 0.15) is 31.9 Å². The summed E-state index contributed by atoms with van der Waals surface area (Å²) >= 11 is 1.82. The Morgan fingerprint density at radius 3 is 2.56 bits per heavy atom. The lowest BCUT2D eigenvalue weighted by atomic mass is 10.1. The molecule has 0 spiro atoms. The van der Waals surface area contributed by atoms with Crippen LogP contribution in [0.3, 0.4) is 0 Å². The summed E-state index contributed by atoms with van der Waals surface area (Å²) in [5.74, 6) is 0.897. The third-order valence-electron chi connectivity index (χ3n) is 3.28. The first kappa shape index (κ1) is 15.3. The molecular formula is C14H23FN2S. The Hall–Kier alpha value is -0.740. The maximum Gasteiger partial charge on any atom is 0.146 e. The van der Waals surface area contributed by atoms with Crippen molar-refractivity contribution in [1.82, 2.24) is 0 Å². The van der Waals surface area contributed by atoms with Crippen LogP contribution in [-0.2, 0) is 0 Å². The van der Waals surface area contributed by atoms with E-state index in [4.69, 9.17) is 5.73 Å². The van der Waals surface area contributed by atoms with Gasteiger partial charge in [-0.25, -0.2) is 4.39 Å². The van der Waals surface area contributed by atoms with Crippen LogP contribution >= 0.6 is 11.8 Å². The highest BCUT2D eigenvalue weighted by atomic mass is 32.2. The van der Waals surface area contributed by atoms with E-state index in [0.29, 0.717) is 11.7 Å². The van der Waals surface area contributed by atoms with Crippen LogP contribution < -0.4 is 10.6 Å². The van der Waals surface area contributed by atoms with Gasteiger partial charge in [-0.15, -0.1) is 0 Å². The highest BCUT2D eigenvalue weighted by Crippen LogP contribution is 2.24. The largest absolute Gasteiger partial charge is 0.369 e. The van der Waals surface area contributed by atoms with Crippen molar-refractivity contribution >= 4 is 17.4 Å². The van der Waals surface area contributed by atoms with E-state index in [2.05, 4.69) is 13.2 Å². The van der Waals surface area contributed by atoms with Gasteiger partial charge >= 0.3 is 0 Å². The second-order valence-corrected chi connectivity index (χ2v) is 5.73. The molecule has 0 saturated carbocycles. The molecule has 2 unspecified atom stereocenters. The van der Waals surface area contributed by atoms with E-state index in [1.54, 1.807) is 0 Å². The zero-order valence-corrected chi connectivity index (χ0v) is 12.4. The van der Waals surface area contributed by atoms with Gasteiger partial charge in [0, 0.05) is 19.1 Å². The minimum Gasteiger partial charge on any atom is -0.369 e. The number of hydrogen-bond donors (Lipinski definition) is 1.